The zero-order valence-electron chi connectivity index (χ0n) is 19.0. The first kappa shape index (κ1) is 24.0. The molecule has 0 saturated heterocycles. The zero-order valence-corrected chi connectivity index (χ0v) is 19.0. The lowest BCUT2D eigenvalue weighted by Gasteiger charge is -2.37. The number of non-ortho nitro benzene ring substituents is 1. The van der Waals surface area contributed by atoms with Crippen molar-refractivity contribution in [3.63, 3.8) is 0 Å². The van der Waals surface area contributed by atoms with Gasteiger partial charge in [0.15, 0.2) is 0 Å². The Bertz CT molecular complexity index is 1270. The maximum absolute atomic E-state index is 13.1. The number of carbonyl (C=O) groups is 2. The number of aryl methyl sites for hydroxylation is 2. The minimum absolute atomic E-state index is 0.0106. The van der Waals surface area contributed by atoms with Crippen molar-refractivity contribution in [2.24, 2.45) is 5.73 Å². The number of carbonyl (C=O) groups excluding carboxylic acids is 2. The molecule has 0 saturated carbocycles. The highest BCUT2D eigenvalue weighted by Crippen LogP contribution is 2.45. The zero-order chi connectivity index (χ0) is 25.2. The van der Waals surface area contributed by atoms with Gasteiger partial charge in [-0.1, -0.05) is 30.3 Å². The van der Waals surface area contributed by atoms with E-state index in [1.165, 1.54) is 17.0 Å². The maximum atomic E-state index is 13.1. The van der Waals surface area contributed by atoms with Crippen LogP contribution >= 0.6 is 0 Å². The van der Waals surface area contributed by atoms with Crippen LogP contribution < -0.4 is 10.6 Å². The van der Waals surface area contributed by atoms with Crippen LogP contribution in [0.2, 0.25) is 0 Å². The fraction of sp³-hybridized carbons (Fsp3) is 0.208. The number of esters is 2. The molecule has 1 aliphatic heterocycles. The molecule has 1 heterocycles. The van der Waals surface area contributed by atoms with Gasteiger partial charge < -0.3 is 15.2 Å². The first-order valence-corrected chi connectivity index (χ1v) is 10.1. The molecule has 34 heavy (non-hydrogen) atoms. The smallest absolute Gasteiger partial charge is 0.355 e. The number of hydrogen-bond donors (Lipinski definition) is 1. The molecule has 2 aromatic carbocycles. The lowest BCUT2D eigenvalue weighted by molar-refractivity contribution is -0.384. The largest absolute Gasteiger partial charge is 0.466 e. The van der Waals surface area contributed by atoms with Gasteiger partial charge in [-0.2, -0.15) is 5.26 Å². The lowest BCUT2D eigenvalue weighted by atomic mass is 9.80. The Kier molecular flexibility index (Phi) is 6.68. The van der Waals surface area contributed by atoms with Crippen molar-refractivity contribution in [1.82, 2.24) is 0 Å². The van der Waals surface area contributed by atoms with E-state index in [1.807, 2.05) is 0 Å². The van der Waals surface area contributed by atoms with E-state index in [4.69, 9.17) is 15.2 Å². The summed E-state index contributed by atoms with van der Waals surface area (Å²) in [4.78, 5) is 38.2. The van der Waals surface area contributed by atoms with Crippen LogP contribution in [0.5, 0.6) is 0 Å². The Morgan fingerprint density at radius 1 is 1.09 bits per heavy atom. The van der Waals surface area contributed by atoms with Crippen molar-refractivity contribution >= 4 is 23.3 Å². The van der Waals surface area contributed by atoms with Crippen molar-refractivity contribution in [2.75, 3.05) is 19.1 Å². The van der Waals surface area contributed by atoms with Crippen LogP contribution in [0, 0.1) is 35.3 Å². The second-order valence-corrected chi connectivity index (χ2v) is 7.52. The third-order valence-corrected chi connectivity index (χ3v) is 5.52. The molecule has 1 aliphatic rings. The Labute approximate surface area is 195 Å². The number of nitro benzene ring substituents is 1. The van der Waals surface area contributed by atoms with Crippen molar-refractivity contribution in [3.05, 3.63) is 91.9 Å². The number of hydrogen-bond acceptors (Lipinski definition) is 9. The van der Waals surface area contributed by atoms with E-state index in [0.29, 0.717) is 22.4 Å². The Morgan fingerprint density at radius 3 is 2.12 bits per heavy atom. The summed E-state index contributed by atoms with van der Waals surface area (Å²) in [6.07, 6.45) is 0. The van der Waals surface area contributed by atoms with Crippen LogP contribution in [0.15, 0.2) is 65.1 Å². The van der Waals surface area contributed by atoms with E-state index in [9.17, 15) is 25.0 Å². The van der Waals surface area contributed by atoms with Crippen LogP contribution in [-0.4, -0.2) is 31.1 Å². The molecule has 0 amide bonds. The summed E-state index contributed by atoms with van der Waals surface area (Å²) >= 11 is 0. The van der Waals surface area contributed by atoms with Crippen molar-refractivity contribution in [2.45, 2.75) is 19.8 Å². The van der Waals surface area contributed by atoms with Crippen molar-refractivity contribution in [1.29, 1.82) is 5.26 Å². The van der Waals surface area contributed by atoms with Gasteiger partial charge in [0, 0.05) is 12.1 Å². The molecule has 1 atom stereocenters. The van der Waals surface area contributed by atoms with Crippen LogP contribution in [0.4, 0.5) is 11.4 Å². The highest BCUT2D eigenvalue weighted by atomic mass is 16.6. The van der Waals surface area contributed by atoms with E-state index in [1.54, 1.807) is 44.2 Å². The number of nitro groups is 1. The number of anilines is 1. The molecular weight excluding hydrogens is 440 g/mol. The summed E-state index contributed by atoms with van der Waals surface area (Å²) < 4.78 is 9.99. The summed E-state index contributed by atoms with van der Waals surface area (Å²) in [5, 5.41) is 21.4. The lowest BCUT2D eigenvalue weighted by Crippen LogP contribution is -2.41. The monoisotopic (exact) mass is 462 g/mol. The molecule has 0 spiro atoms. The van der Waals surface area contributed by atoms with Crippen molar-refractivity contribution in [3.8, 4) is 6.07 Å². The summed E-state index contributed by atoms with van der Waals surface area (Å²) in [7, 11) is 2.31. The minimum Gasteiger partial charge on any atom is -0.466 e. The Balaban J connectivity index is 2.47. The van der Waals surface area contributed by atoms with Crippen LogP contribution in [0.25, 0.3) is 0 Å². The van der Waals surface area contributed by atoms with Crippen LogP contribution in [-0.2, 0) is 19.1 Å². The van der Waals surface area contributed by atoms with E-state index in [-0.39, 0.29) is 28.4 Å². The number of rotatable bonds is 5. The van der Waals surface area contributed by atoms with Gasteiger partial charge in [0.05, 0.1) is 48.0 Å². The SMILES string of the molecule is COC(=O)C1=C(C(=O)OC)N(c2c(C)cc([N+](=O)[O-])cc2C)C(N)=C(C#N)C1c1ccccc1. The molecule has 2 N–H and O–H groups in total. The minimum atomic E-state index is -0.998. The average molecular weight is 462 g/mol. The molecular formula is C24H22N4O6. The number of nitrogens with zero attached hydrogens (tertiary/aromatic N) is 3. The molecule has 0 bridgehead atoms. The highest BCUT2D eigenvalue weighted by Gasteiger charge is 2.43. The van der Waals surface area contributed by atoms with Crippen LogP contribution in [0.1, 0.15) is 22.6 Å². The first-order valence-electron chi connectivity index (χ1n) is 10.1. The van der Waals surface area contributed by atoms with E-state index in [0.717, 1.165) is 14.2 Å². The summed E-state index contributed by atoms with van der Waals surface area (Å²) in [6, 6.07) is 13.3. The molecule has 10 nitrogen and oxygen atoms in total. The number of allylic oxidation sites excluding steroid dienone is 1. The highest BCUT2D eigenvalue weighted by molar-refractivity contribution is 6.06. The fourth-order valence-corrected chi connectivity index (χ4v) is 4.14. The summed E-state index contributed by atoms with van der Waals surface area (Å²) in [6.45, 7) is 3.20. The molecule has 0 aromatic heterocycles. The average Bonchev–Trinajstić information content (AvgIpc) is 2.83. The van der Waals surface area contributed by atoms with Crippen LogP contribution in [0.3, 0.4) is 0 Å². The van der Waals surface area contributed by atoms with E-state index < -0.39 is 22.8 Å². The standard InChI is InChI=1S/C24H22N4O6/c1-13-10-16(28(31)32)11-14(2)20(13)27-21(24(30)34-4)19(23(29)33-3)18(17(12-25)22(27)26)15-8-6-5-7-9-15/h5-11,18H,26H2,1-4H3. The van der Waals surface area contributed by atoms with Gasteiger partial charge in [-0.3, -0.25) is 15.0 Å². The number of benzene rings is 2. The van der Waals surface area contributed by atoms with Gasteiger partial charge in [0.1, 0.15) is 11.5 Å². The van der Waals surface area contributed by atoms with Gasteiger partial charge in [-0.05, 0) is 30.5 Å². The molecule has 0 aliphatic carbocycles. The third kappa shape index (κ3) is 3.95. The molecule has 174 valence electrons. The predicted molar refractivity (Wildman–Crippen MR) is 122 cm³/mol. The van der Waals surface area contributed by atoms with E-state index in [2.05, 4.69) is 6.07 Å². The number of ether oxygens (including phenoxy) is 2. The second kappa shape index (κ2) is 9.46. The van der Waals surface area contributed by atoms with Gasteiger partial charge >= 0.3 is 11.9 Å². The third-order valence-electron chi connectivity index (χ3n) is 5.52. The number of methoxy groups -OCH3 is 2. The Hall–Kier alpha value is -4.65. The maximum Gasteiger partial charge on any atom is 0.355 e. The normalized spacial score (nSPS) is 15.6. The second-order valence-electron chi connectivity index (χ2n) is 7.52. The van der Waals surface area contributed by atoms with Gasteiger partial charge in [0.2, 0.25) is 0 Å². The number of nitrogens with two attached hydrogens (primary N) is 1. The first-order chi connectivity index (χ1) is 16.2. The summed E-state index contributed by atoms with van der Waals surface area (Å²) in [5.41, 5.74) is 7.60. The molecule has 10 heteroatoms. The topological polar surface area (TPSA) is 149 Å². The van der Waals surface area contributed by atoms with Crippen molar-refractivity contribution < 1.29 is 24.0 Å². The Morgan fingerprint density at radius 2 is 1.65 bits per heavy atom. The van der Waals surface area contributed by atoms with Gasteiger partial charge in [-0.15, -0.1) is 0 Å². The quantitative estimate of drug-likeness (QED) is 0.402. The molecule has 1 unspecified atom stereocenters. The summed E-state index contributed by atoms with van der Waals surface area (Å²) in [5.74, 6) is -2.85. The predicted octanol–water partition coefficient (Wildman–Crippen LogP) is 3.11. The molecule has 0 radical (unpaired) electrons. The molecule has 0 fully saturated rings. The van der Waals surface area contributed by atoms with Gasteiger partial charge in [0.25, 0.3) is 5.69 Å². The molecule has 3 rings (SSSR count). The van der Waals surface area contributed by atoms with E-state index >= 15 is 0 Å². The molecule has 2 aromatic rings. The van der Waals surface area contributed by atoms with Gasteiger partial charge in [-0.25, -0.2) is 9.59 Å². The number of nitriles is 1. The fourth-order valence-electron chi connectivity index (χ4n) is 4.14.